The van der Waals surface area contributed by atoms with E-state index in [0.29, 0.717) is 6.04 Å². The Bertz CT molecular complexity index is 723. The van der Waals surface area contributed by atoms with E-state index in [1.165, 1.54) is 16.7 Å². The minimum Gasteiger partial charge on any atom is -0.367 e. The molecule has 0 amide bonds. The fourth-order valence-corrected chi connectivity index (χ4v) is 3.89. The Morgan fingerprint density at radius 1 is 0.963 bits per heavy atom. The third-order valence-corrected chi connectivity index (χ3v) is 5.59. The fraction of sp³-hybridized carbons (Fsp3) is 0.500. The number of benzene rings is 2. The molecule has 0 aromatic heterocycles. The van der Waals surface area contributed by atoms with Crippen LogP contribution in [0, 0.1) is 0 Å². The summed E-state index contributed by atoms with van der Waals surface area (Å²) in [6.07, 6.45) is -0.0396. The highest BCUT2D eigenvalue weighted by atomic mass is 16.5. The first kappa shape index (κ1) is 20.1. The van der Waals surface area contributed by atoms with Gasteiger partial charge in [0, 0.05) is 25.7 Å². The second-order valence-corrected chi connectivity index (χ2v) is 8.86. The second kappa shape index (κ2) is 8.55. The fourth-order valence-electron chi connectivity index (χ4n) is 3.89. The van der Waals surface area contributed by atoms with E-state index in [-0.39, 0.29) is 11.5 Å². The van der Waals surface area contributed by atoms with E-state index in [1.807, 2.05) is 0 Å². The van der Waals surface area contributed by atoms with Gasteiger partial charge in [-0.1, -0.05) is 75.4 Å². The molecule has 3 rings (SSSR count). The lowest BCUT2D eigenvalue weighted by Crippen LogP contribution is -2.52. The molecule has 1 heterocycles. The summed E-state index contributed by atoms with van der Waals surface area (Å²) in [5, 5.41) is 0. The molecule has 3 heteroatoms. The Morgan fingerprint density at radius 3 is 2.33 bits per heavy atom. The van der Waals surface area contributed by atoms with Crippen LogP contribution in [0.1, 0.15) is 43.6 Å². The van der Waals surface area contributed by atoms with E-state index in [9.17, 15) is 0 Å². The van der Waals surface area contributed by atoms with Gasteiger partial charge in [-0.2, -0.15) is 0 Å². The van der Waals surface area contributed by atoms with Crippen LogP contribution in [0.3, 0.4) is 0 Å². The molecule has 2 aromatic rings. The van der Waals surface area contributed by atoms with Crippen molar-refractivity contribution in [3.8, 4) is 0 Å². The van der Waals surface area contributed by atoms with Crippen LogP contribution in [0.15, 0.2) is 54.6 Å². The first-order valence-electron chi connectivity index (χ1n) is 10.0. The molecule has 146 valence electrons. The van der Waals surface area contributed by atoms with Crippen LogP contribution in [0.5, 0.6) is 0 Å². The lowest BCUT2D eigenvalue weighted by Gasteiger charge is -2.38. The van der Waals surface area contributed by atoms with Crippen molar-refractivity contribution in [2.75, 3.05) is 40.3 Å². The van der Waals surface area contributed by atoms with Crippen LogP contribution in [-0.4, -0.2) is 56.2 Å². The van der Waals surface area contributed by atoms with Crippen molar-refractivity contribution in [3.05, 3.63) is 71.3 Å². The highest BCUT2D eigenvalue weighted by Crippen LogP contribution is 2.35. The first-order chi connectivity index (χ1) is 12.9. The normalized spacial score (nSPS) is 20.6. The van der Waals surface area contributed by atoms with Gasteiger partial charge < -0.3 is 9.64 Å². The van der Waals surface area contributed by atoms with Crippen molar-refractivity contribution in [1.29, 1.82) is 0 Å². The zero-order chi connectivity index (χ0) is 19.4. The molecule has 2 unspecified atom stereocenters. The highest BCUT2D eigenvalue weighted by Gasteiger charge is 2.27. The highest BCUT2D eigenvalue weighted by molar-refractivity contribution is 5.39. The zero-order valence-electron chi connectivity index (χ0n) is 17.5. The van der Waals surface area contributed by atoms with Gasteiger partial charge in [-0.25, -0.2) is 0 Å². The zero-order valence-corrected chi connectivity index (χ0v) is 17.5. The molecule has 2 atom stereocenters. The molecule has 0 aliphatic carbocycles. The Morgan fingerprint density at radius 2 is 1.63 bits per heavy atom. The summed E-state index contributed by atoms with van der Waals surface area (Å²) in [4.78, 5) is 4.83. The van der Waals surface area contributed by atoms with Gasteiger partial charge in [0.25, 0.3) is 0 Å². The molecule has 0 bridgehead atoms. The predicted octanol–water partition coefficient (Wildman–Crippen LogP) is 4.34. The molecule has 0 N–H and O–H groups in total. The predicted molar refractivity (Wildman–Crippen MR) is 113 cm³/mol. The second-order valence-electron chi connectivity index (χ2n) is 8.86. The quantitative estimate of drug-likeness (QED) is 0.783. The summed E-state index contributed by atoms with van der Waals surface area (Å²) < 4.78 is 6.64. The third kappa shape index (κ3) is 4.98. The maximum atomic E-state index is 6.64. The smallest absolute Gasteiger partial charge is 0.108 e. The van der Waals surface area contributed by atoms with Gasteiger partial charge in [-0.15, -0.1) is 0 Å². The summed E-state index contributed by atoms with van der Waals surface area (Å²) in [7, 11) is 4.41. The lowest BCUT2D eigenvalue weighted by molar-refractivity contribution is 0.00389. The van der Waals surface area contributed by atoms with Crippen LogP contribution in [0.25, 0.3) is 0 Å². The summed E-state index contributed by atoms with van der Waals surface area (Å²) in [5.74, 6) is 0. The number of hydrogen-bond acceptors (Lipinski definition) is 3. The van der Waals surface area contributed by atoms with E-state index in [4.69, 9.17) is 4.74 Å². The molecule has 0 radical (unpaired) electrons. The van der Waals surface area contributed by atoms with Gasteiger partial charge in [0.05, 0.1) is 6.61 Å². The Hall–Kier alpha value is -1.68. The van der Waals surface area contributed by atoms with Crippen molar-refractivity contribution in [1.82, 2.24) is 9.80 Å². The standard InChI is InChI=1S/C24H34N2O/c1-24(2,3)22-14-10-9-13-21(22)23(19-11-7-6-8-12-19)27-18-20-17-25(4)15-16-26(20)5/h6-14,20,23H,15-18H2,1-5H3. The molecule has 1 fully saturated rings. The number of hydrogen-bond donors (Lipinski definition) is 0. The van der Waals surface area contributed by atoms with E-state index < -0.39 is 0 Å². The average Bonchev–Trinajstić information content (AvgIpc) is 2.65. The van der Waals surface area contributed by atoms with Crippen molar-refractivity contribution in [3.63, 3.8) is 0 Å². The Kier molecular flexibility index (Phi) is 6.36. The van der Waals surface area contributed by atoms with E-state index in [0.717, 1.165) is 26.2 Å². The summed E-state index contributed by atoms with van der Waals surface area (Å²) in [6.45, 7) is 10.8. The summed E-state index contributed by atoms with van der Waals surface area (Å²) in [5.41, 5.74) is 3.94. The molecule has 0 spiro atoms. The molecular formula is C24H34N2O. The Labute approximate surface area is 164 Å². The van der Waals surface area contributed by atoms with Crippen LogP contribution in [0.2, 0.25) is 0 Å². The average molecular weight is 367 g/mol. The molecule has 1 saturated heterocycles. The molecule has 3 nitrogen and oxygen atoms in total. The molecule has 2 aromatic carbocycles. The van der Waals surface area contributed by atoms with E-state index >= 15 is 0 Å². The van der Waals surface area contributed by atoms with Gasteiger partial charge in [0.15, 0.2) is 0 Å². The number of likely N-dealkylation sites (N-methyl/N-ethyl adjacent to an activating group) is 2. The van der Waals surface area contributed by atoms with Crippen LogP contribution in [0.4, 0.5) is 0 Å². The minimum atomic E-state index is -0.0396. The summed E-state index contributed by atoms with van der Waals surface area (Å²) in [6, 6.07) is 19.8. The minimum absolute atomic E-state index is 0.0396. The topological polar surface area (TPSA) is 15.7 Å². The first-order valence-corrected chi connectivity index (χ1v) is 10.0. The van der Waals surface area contributed by atoms with Crippen LogP contribution >= 0.6 is 0 Å². The van der Waals surface area contributed by atoms with E-state index in [2.05, 4.69) is 99.3 Å². The molecule has 1 aliphatic rings. The number of piperazine rings is 1. The molecule has 0 saturated carbocycles. The van der Waals surface area contributed by atoms with Gasteiger partial charge >= 0.3 is 0 Å². The van der Waals surface area contributed by atoms with Gasteiger partial charge in [0.2, 0.25) is 0 Å². The van der Waals surface area contributed by atoms with Crippen LogP contribution < -0.4 is 0 Å². The van der Waals surface area contributed by atoms with Crippen molar-refractivity contribution in [2.24, 2.45) is 0 Å². The summed E-state index contributed by atoms with van der Waals surface area (Å²) >= 11 is 0. The van der Waals surface area contributed by atoms with Gasteiger partial charge in [-0.3, -0.25) is 4.90 Å². The molecular weight excluding hydrogens is 332 g/mol. The van der Waals surface area contributed by atoms with Crippen LogP contribution in [-0.2, 0) is 10.2 Å². The third-order valence-electron chi connectivity index (χ3n) is 5.59. The van der Waals surface area contributed by atoms with Gasteiger partial charge in [-0.05, 0) is 36.2 Å². The Balaban J connectivity index is 1.89. The molecule has 27 heavy (non-hydrogen) atoms. The number of ether oxygens (including phenoxy) is 1. The maximum absolute atomic E-state index is 6.64. The molecule has 1 aliphatic heterocycles. The van der Waals surface area contributed by atoms with Gasteiger partial charge in [0.1, 0.15) is 6.10 Å². The maximum Gasteiger partial charge on any atom is 0.108 e. The monoisotopic (exact) mass is 366 g/mol. The van der Waals surface area contributed by atoms with Crippen molar-refractivity contribution < 1.29 is 4.74 Å². The number of rotatable bonds is 5. The lowest BCUT2D eigenvalue weighted by atomic mass is 9.81. The largest absolute Gasteiger partial charge is 0.367 e. The van der Waals surface area contributed by atoms with Crippen molar-refractivity contribution in [2.45, 2.75) is 38.3 Å². The van der Waals surface area contributed by atoms with Crippen molar-refractivity contribution >= 4 is 0 Å². The SMILES string of the molecule is CN1CCN(C)C(COC(c2ccccc2)c2ccccc2C(C)(C)C)C1. The van der Waals surface area contributed by atoms with E-state index in [1.54, 1.807) is 0 Å². The number of nitrogens with zero attached hydrogens (tertiary/aromatic N) is 2.